The monoisotopic (exact) mass is 227 g/mol. The van der Waals surface area contributed by atoms with Crippen LogP contribution < -0.4 is 10.6 Å². The average Bonchev–Trinajstić information content (AvgIpc) is 2.16. The van der Waals surface area contributed by atoms with Crippen molar-refractivity contribution in [3.05, 3.63) is 12.3 Å². The Bertz CT molecular complexity index is 314. The third kappa shape index (κ3) is 2.52. The Morgan fingerprint density at radius 2 is 2.19 bits per heavy atom. The number of hydrogen-bond donors (Lipinski definition) is 2. The Kier molecular flexibility index (Phi) is 3.89. The number of esters is 1. The quantitative estimate of drug-likeness (QED) is 0.659. The van der Waals surface area contributed by atoms with Crippen LogP contribution in [0.4, 0.5) is 4.79 Å². The van der Waals surface area contributed by atoms with E-state index in [2.05, 4.69) is 17.2 Å². The van der Waals surface area contributed by atoms with Gasteiger partial charge in [0.2, 0.25) is 0 Å². The Morgan fingerprint density at radius 3 is 2.69 bits per heavy atom. The highest BCUT2D eigenvalue weighted by molar-refractivity contribution is 5.84. The Morgan fingerprint density at radius 1 is 1.56 bits per heavy atom. The SMILES string of the molecule is C=C1NC(=O)NC(N(C)C)C1C(=O)OCC. The molecule has 2 unspecified atom stereocenters. The summed E-state index contributed by atoms with van der Waals surface area (Å²) in [4.78, 5) is 24.7. The fourth-order valence-corrected chi connectivity index (χ4v) is 1.60. The first kappa shape index (κ1) is 12.5. The molecule has 0 aromatic carbocycles. The molecule has 0 saturated carbocycles. The topological polar surface area (TPSA) is 70.7 Å². The summed E-state index contributed by atoms with van der Waals surface area (Å²) in [5.41, 5.74) is 0.362. The summed E-state index contributed by atoms with van der Waals surface area (Å²) in [6.45, 7) is 5.72. The van der Waals surface area contributed by atoms with Crippen molar-refractivity contribution in [2.45, 2.75) is 13.1 Å². The number of hydrogen-bond acceptors (Lipinski definition) is 4. The molecule has 0 radical (unpaired) electrons. The lowest BCUT2D eigenvalue weighted by molar-refractivity contribution is -0.149. The number of urea groups is 1. The zero-order valence-electron chi connectivity index (χ0n) is 9.74. The zero-order valence-corrected chi connectivity index (χ0v) is 9.74. The molecule has 2 N–H and O–H groups in total. The van der Waals surface area contributed by atoms with Gasteiger partial charge in [-0.05, 0) is 21.0 Å². The normalized spacial score (nSPS) is 25.0. The van der Waals surface area contributed by atoms with E-state index in [1.165, 1.54) is 0 Å². The maximum Gasteiger partial charge on any atom is 0.320 e. The minimum atomic E-state index is -0.590. The summed E-state index contributed by atoms with van der Waals surface area (Å²) in [7, 11) is 3.55. The van der Waals surface area contributed by atoms with Crippen LogP contribution in [0.5, 0.6) is 0 Å². The molecular weight excluding hydrogens is 210 g/mol. The molecule has 90 valence electrons. The van der Waals surface area contributed by atoms with Crippen molar-refractivity contribution in [1.82, 2.24) is 15.5 Å². The van der Waals surface area contributed by atoms with Crippen molar-refractivity contribution < 1.29 is 14.3 Å². The van der Waals surface area contributed by atoms with Crippen LogP contribution in [-0.2, 0) is 9.53 Å². The van der Waals surface area contributed by atoms with Crippen LogP contribution in [0.2, 0.25) is 0 Å². The molecule has 0 spiro atoms. The fourth-order valence-electron chi connectivity index (χ4n) is 1.60. The Labute approximate surface area is 94.6 Å². The van der Waals surface area contributed by atoms with Crippen LogP contribution in [0.3, 0.4) is 0 Å². The second-order valence-electron chi connectivity index (χ2n) is 3.76. The minimum Gasteiger partial charge on any atom is -0.465 e. The Hall–Kier alpha value is -1.56. The summed E-state index contributed by atoms with van der Waals surface area (Å²) < 4.78 is 4.95. The Balaban J connectivity index is 2.87. The molecule has 0 bridgehead atoms. The molecule has 0 aromatic heterocycles. The molecule has 1 heterocycles. The molecule has 1 saturated heterocycles. The van der Waals surface area contributed by atoms with E-state index in [0.29, 0.717) is 12.3 Å². The largest absolute Gasteiger partial charge is 0.465 e. The molecule has 0 aromatic rings. The predicted octanol–water partition coefficient (Wildman–Crippen LogP) is -0.120. The number of nitrogens with zero attached hydrogens (tertiary/aromatic N) is 1. The summed E-state index contributed by atoms with van der Waals surface area (Å²) >= 11 is 0. The van der Waals surface area contributed by atoms with E-state index >= 15 is 0 Å². The van der Waals surface area contributed by atoms with Crippen LogP contribution in [0, 0.1) is 5.92 Å². The lowest BCUT2D eigenvalue weighted by atomic mass is 10.00. The molecule has 1 aliphatic heterocycles. The van der Waals surface area contributed by atoms with Crippen molar-refractivity contribution in [3.63, 3.8) is 0 Å². The number of ether oxygens (including phenoxy) is 1. The third-order valence-corrected chi connectivity index (χ3v) is 2.34. The van der Waals surface area contributed by atoms with Gasteiger partial charge in [-0.15, -0.1) is 0 Å². The first-order valence-electron chi connectivity index (χ1n) is 5.06. The number of rotatable bonds is 3. The van der Waals surface area contributed by atoms with E-state index < -0.39 is 18.1 Å². The lowest BCUT2D eigenvalue weighted by Crippen LogP contribution is -2.60. The van der Waals surface area contributed by atoms with Gasteiger partial charge in [0.1, 0.15) is 12.1 Å². The molecule has 0 aliphatic carbocycles. The molecular formula is C10H17N3O3. The van der Waals surface area contributed by atoms with E-state index in [1.807, 2.05) is 0 Å². The smallest absolute Gasteiger partial charge is 0.320 e. The fraction of sp³-hybridized carbons (Fsp3) is 0.600. The second-order valence-corrected chi connectivity index (χ2v) is 3.76. The minimum absolute atomic E-state index is 0.302. The van der Waals surface area contributed by atoms with Gasteiger partial charge < -0.3 is 15.4 Å². The molecule has 2 atom stereocenters. The molecule has 2 amide bonds. The van der Waals surface area contributed by atoms with Crippen LogP contribution in [0.15, 0.2) is 12.3 Å². The predicted molar refractivity (Wildman–Crippen MR) is 58.4 cm³/mol. The van der Waals surface area contributed by atoms with E-state index in [0.717, 1.165) is 0 Å². The molecule has 1 rings (SSSR count). The standard InChI is InChI=1S/C10H17N3O3/c1-5-16-9(14)7-6(2)11-10(15)12-8(7)13(3)4/h7-8H,2,5H2,1,3-4H3,(H2,11,12,15). The summed E-state index contributed by atoms with van der Waals surface area (Å²) in [5.74, 6) is -0.980. The van der Waals surface area contributed by atoms with Crippen LogP contribution in [0.25, 0.3) is 0 Å². The second kappa shape index (κ2) is 4.98. The van der Waals surface area contributed by atoms with Crippen molar-refractivity contribution in [2.75, 3.05) is 20.7 Å². The molecule has 16 heavy (non-hydrogen) atoms. The van der Waals surface area contributed by atoms with Crippen molar-refractivity contribution in [3.8, 4) is 0 Å². The lowest BCUT2D eigenvalue weighted by Gasteiger charge is -2.36. The molecule has 1 fully saturated rings. The molecule has 6 heteroatoms. The summed E-state index contributed by atoms with van der Waals surface area (Å²) in [6.07, 6.45) is -0.430. The van der Waals surface area contributed by atoms with Gasteiger partial charge in [-0.2, -0.15) is 0 Å². The first-order valence-corrected chi connectivity index (χ1v) is 5.06. The van der Waals surface area contributed by atoms with E-state index in [-0.39, 0.29) is 6.03 Å². The third-order valence-electron chi connectivity index (χ3n) is 2.34. The van der Waals surface area contributed by atoms with Gasteiger partial charge in [0.05, 0.1) is 6.61 Å². The van der Waals surface area contributed by atoms with Crippen molar-refractivity contribution in [1.29, 1.82) is 0 Å². The highest BCUT2D eigenvalue weighted by Gasteiger charge is 2.38. The van der Waals surface area contributed by atoms with Gasteiger partial charge in [0.25, 0.3) is 0 Å². The van der Waals surface area contributed by atoms with Crippen LogP contribution >= 0.6 is 0 Å². The maximum atomic E-state index is 11.7. The highest BCUT2D eigenvalue weighted by Crippen LogP contribution is 2.19. The van der Waals surface area contributed by atoms with Gasteiger partial charge in [-0.3, -0.25) is 9.69 Å². The number of amides is 2. The van der Waals surface area contributed by atoms with E-state index in [1.54, 1.807) is 25.9 Å². The number of nitrogens with one attached hydrogen (secondary N) is 2. The van der Waals surface area contributed by atoms with Gasteiger partial charge in [-0.1, -0.05) is 6.58 Å². The number of carbonyl (C=O) groups excluding carboxylic acids is 2. The highest BCUT2D eigenvalue weighted by atomic mass is 16.5. The van der Waals surface area contributed by atoms with E-state index in [4.69, 9.17) is 4.74 Å². The summed E-state index contributed by atoms with van der Waals surface area (Å²) in [5, 5.41) is 5.13. The first-order chi connectivity index (χ1) is 7.47. The zero-order chi connectivity index (χ0) is 12.3. The van der Waals surface area contributed by atoms with Gasteiger partial charge >= 0.3 is 12.0 Å². The van der Waals surface area contributed by atoms with Crippen LogP contribution in [-0.4, -0.2) is 43.8 Å². The number of carbonyl (C=O) groups is 2. The van der Waals surface area contributed by atoms with Gasteiger partial charge in [-0.25, -0.2) is 4.79 Å². The van der Waals surface area contributed by atoms with Gasteiger partial charge in [0, 0.05) is 5.70 Å². The molecule has 1 aliphatic rings. The van der Waals surface area contributed by atoms with Crippen molar-refractivity contribution >= 4 is 12.0 Å². The molecule has 6 nitrogen and oxygen atoms in total. The van der Waals surface area contributed by atoms with E-state index in [9.17, 15) is 9.59 Å². The van der Waals surface area contributed by atoms with Crippen molar-refractivity contribution in [2.24, 2.45) is 5.92 Å². The van der Waals surface area contributed by atoms with Crippen LogP contribution in [0.1, 0.15) is 6.92 Å². The average molecular weight is 227 g/mol. The summed E-state index contributed by atoms with van der Waals surface area (Å²) in [6, 6.07) is -0.357. The maximum absolute atomic E-state index is 11.7. The van der Waals surface area contributed by atoms with Gasteiger partial charge in [0.15, 0.2) is 0 Å².